The summed E-state index contributed by atoms with van der Waals surface area (Å²) in [5.74, 6) is 0. The van der Waals surface area contributed by atoms with Crippen molar-refractivity contribution in [1.29, 1.82) is 0 Å². The maximum absolute atomic E-state index is 12.2. The highest BCUT2D eigenvalue weighted by molar-refractivity contribution is 9.10. The SMILES string of the molecule is O=c1[nH]cc(Cl)c(C(F)F)c1Br. The van der Waals surface area contributed by atoms with Crippen molar-refractivity contribution in [3.8, 4) is 0 Å². The fourth-order valence-electron chi connectivity index (χ4n) is 0.697. The molecule has 6 heteroatoms. The van der Waals surface area contributed by atoms with E-state index in [9.17, 15) is 13.6 Å². The zero-order valence-corrected chi connectivity index (χ0v) is 7.92. The van der Waals surface area contributed by atoms with Crippen molar-refractivity contribution in [2.75, 3.05) is 0 Å². The van der Waals surface area contributed by atoms with Gasteiger partial charge >= 0.3 is 0 Å². The minimum Gasteiger partial charge on any atom is -0.327 e. The molecule has 1 N–H and O–H groups in total. The van der Waals surface area contributed by atoms with E-state index in [0.29, 0.717) is 0 Å². The molecule has 0 bridgehead atoms. The maximum Gasteiger partial charge on any atom is 0.266 e. The molecule has 0 amide bonds. The van der Waals surface area contributed by atoms with Gasteiger partial charge in [0.2, 0.25) is 0 Å². The summed E-state index contributed by atoms with van der Waals surface area (Å²) in [7, 11) is 0. The normalized spacial score (nSPS) is 10.8. The highest BCUT2D eigenvalue weighted by Crippen LogP contribution is 2.30. The molecule has 0 spiro atoms. The van der Waals surface area contributed by atoms with E-state index in [1.165, 1.54) is 0 Å². The van der Waals surface area contributed by atoms with Crippen molar-refractivity contribution in [3.05, 3.63) is 31.6 Å². The van der Waals surface area contributed by atoms with Crippen LogP contribution in [0.2, 0.25) is 5.02 Å². The Labute approximate surface area is 79.7 Å². The third-order valence-corrected chi connectivity index (χ3v) is 2.34. The molecule has 12 heavy (non-hydrogen) atoms. The quantitative estimate of drug-likeness (QED) is 0.825. The fourth-order valence-corrected chi connectivity index (χ4v) is 1.54. The second-order valence-corrected chi connectivity index (χ2v) is 3.19. The fraction of sp³-hybridized carbons (Fsp3) is 0.167. The molecule has 0 aliphatic heterocycles. The first kappa shape index (κ1) is 9.67. The second kappa shape index (κ2) is 3.53. The second-order valence-electron chi connectivity index (χ2n) is 1.99. The summed E-state index contributed by atoms with van der Waals surface area (Å²) in [5, 5.41) is -0.156. The Hall–Kier alpha value is -0.420. The minimum absolute atomic E-state index is 0.156. The molecule has 1 heterocycles. The minimum atomic E-state index is -2.76. The van der Waals surface area contributed by atoms with Crippen LogP contribution >= 0.6 is 27.5 Å². The molecule has 0 saturated carbocycles. The standard InChI is InChI=1S/C6H3BrClF2NO/c7-4-3(5(9)10)2(8)1-11-6(4)12/h1,5H,(H,11,12). The van der Waals surface area contributed by atoms with Gasteiger partial charge in [0.25, 0.3) is 12.0 Å². The van der Waals surface area contributed by atoms with Crippen LogP contribution in [0, 0.1) is 0 Å². The van der Waals surface area contributed by atoms with E-state index in [2.05, 4.69) is 20.9 Å². The van der Waals surface area contributed by atoms with E-state index in [1.54, 1.807) is 0 Å². The van der Waals surface area contributed by atoms with Gasteiger partial charge in [-0.2, -0.15) is 0 Å². The number of rotatable bonds is 1. The molecule has 0 fully saturated rings. The van der Waals surface area contributed by atoms with Gasteiger partial charge in [-0.3, -0.25) is 4.79 Å². The average Bonchev–Trinajstić information content (AvgIpc) is 1.97. The lowest BCUT2D eigenvalue weighted by molar-refractivity contribution is 0.150. The number of H-pyrrole nitrogens is 1. The summed E-state index contributed by atoms with van der Waals surface area (Å²) in [6.45, 7) is 0. The van der Waals surface area contributed by atoms with Crippen LogP contribution in [0.3, 0.4) is 0 Å². The van der Waals surface area contributed by atoms with Gasteiger partial charge in [-0.1, -0.05) is 11.6 Å². The summed E-state index contributed by atoms with van der Waals surface area (Å²) >= 11 is 8.14. The molecule has 0 atom stereocenters. The molecular weight excluding hydrogens is 255 g/mol. The summed E-state index contributed by atoms with van der Waals surface area (Å²) < 4.78 is 24.2. The Kier molecular flexibility index (Phi) is 2.85. The largest absolute Gasteiger partial charge is 0.327 e. The van der Waals surface area contributed by atoms with Crippen LogP contribution in [0.1, 0.15) is 12.0 Å². The van der Waals surface area contributed by atoms with Gasteiger partial charge in [0.1, 0.15) is 0 Å². The molecule has 2 nitrogen and oxygen atoms in total. The number of aromatic nitrogens is 1. The molecule has 0 radical (unpaired) electrons. The zero-order chi connectivity index (χ0) is 9.30. The van der Waals surface area contributed by atoms with Crippen LogP contribution in [-0.2, 0) is 0 Å². The maximum atomic E-state index is 12.2. The first-order valence-electron chi connectivity index (χ1n) is 2.88. The van der Waals surface area contributed by atoms with Crippen LogP contribution in [0.5, 0.6) is 0 Å². The van der Waals surface area contributed by atoms with E-state index >= 15 is 0 Å². The molecule has 0 saturated heterocycles. The topological polar surface area (TPSA) is 32.9 Å². The first-order chi connectivity index (χ1) is 5.54. The number of alkyl halides is 2. The summed E-state index contributed by atoms with van der Waals surface area (Å²) in [6.07, 6.45) is -1.72. The van der Waals surface area contributed by atoms with Crippen LogP contribution in [0.4, 0.5) is 8.78 Å². The number of hydrogen-bond donors (Lipinski definition) is 1. The predicted octanol–water partition coefficient (Wildman–Crippen LogP) is 2.73. The van der Waals surface area contributed by atoms with E-state index < -0.39 is 17.5 Å². The molecule has 1 aromatic heterocycles. The molecule has 1 rings (SSSR count). The van der Waals surface area contributed by atoms with Gasteiger partial charge in [-0.25, -0.2) is 8.78 Å². The number of pyridine rings is 1. The van der Waals surface area contributed by atoms with Crippen molar-refractivity contribution in [2.24, 2.45) is 0 Å². The number of aromatic amines is 1. The molecule has 0 aliphatic carbocycles. The van der Waals surface area contributed by atoms with E-state index in [-0.39, 0.29) is 9.50 Å². The van der Waals surface area contributed by atoms with Crippen LogP contribution in [-0.4, -0.2) is 4.98 Å². The van der Waals surface area contributed by atoms with E-state index in [1.807, 2.05) is 0 Å². The Morgan fingerprint density at radius 3 is 2.58 bits per heavy atom. The van der Waals surface area contributed by atoms with Gasteiger partial charge in [-0.05, 0) is 15.9 Å². The average molecular weight is 258 g/mol. The summed E-state index contributed by atoms with van der Waals surface area (Å²) in [6, 6.07) is 0. The van der Waals surface area contributed by atoms with Gasteiger partial charge in [0.05, 0.1) is 15.1 Å². The van der Waals surface area contributed by atoms with Crippen LogP contribution in [0.25, 0.3) is 0 Å². The molecular formula is C6H3BrClF2NO. The van der Waals surface area contributed by atoms with Gasteiger partial charge in [0.15, 0.2) is 0 Å². The lowest BCUT2D eigenvalue weighted by atomic mass is 10.3. The first-order valence-corrected chi connectivity index (χ1v) is 4.06. The van der Waals surface area contributed by atoms with Crippen molar-refractivity contribution >= 4 is 27.5 Å². The highest BCUT2D eigenvalue weighted by atomic mass is 79.9. The molecule has 0 aliphatic rings. The lowest BCUT2D eigenvalue weighted by Crippen LogP contribution is -2.09. The summed E-state index contributed by atoms with van der Waals surface area (Å²) in [4.78, 5) is 13.0. The molecule has 0 unspecified atom stereocenters. The molecule has 66 valence electrons. The number of halogens is 4. The third-order valence-electron chi connectivity index (χ3n) is 1.24. The number of hydrogen-bond acceptors (Lipinski definition) is 1. The van der Waals surface area contributed by atoms with Crippen LogP contribution < -0.4 is 5.56 Å². The van der Waals surface area contributed by atoms with Crippen molar-refractivity contribution in [3.63, 3.8) is 0 Å². The smallest absolute Gasteiger partial charge is 0.266 e. The Balaban J connectivity index is 3.43. The van der Waals surface area contributed by atoms with Gasteiger partial charge < -0.3 is 4.98 Å². The van der Waals surface area contributed by atoms with Crippen LogP contribution in [0.15, 0.2) is 15.5 Å². The lowest BCUT2D eigenvalue weighted by Gasteiger charge is -2.03. The Morgan fingerprint density at radius 1 is 1.58 bits per heavy atom. The van der Waals surface area contributed by atoms with Gasteiger partial charge in [0, 0.05) is 6.20 Å². The van der Waals surface area contributed by atoms with Gasteiger partial charge in [-0.15, -0.1) is 0 Å². The van der Waals surface area contributed by atoms with Crippen molar-refractivity contribution in [1.82, 2.24) is 4.98 Å². The van der Waals surface area contributed by atoms with Crippen molar-refractivity contribution in [2.45, 2.75) is 6.43 Å². The molecule has 0 aromatic carbocycles. The Bertz CT molecular complexity index is 352. The highest BCUT2D eigenvalue weighted by Gasteiger charge is 2.17. The van der Waals surface area contributed by atoms with Crippen molar-refractivity contribution < 1.29 is 8.78 Å². The Morgan fingerprint density at radius 2 is 2.17 bits per heavy atom. The van der Waals surface area contributed by atoms with E-state index in [4.69, 9.17) is 11.6 Å². The summed E-state index contributed by atoms with van der Waals surface area (Å²) in [5.41, 5.74) is -1.09. The number of nitrogens with one attached hydrogen (secondary N) is 1. The monoisotopic (exact) mass is 257 g/mol. The third kappa shape index (κ3) is 1.67. The molecule has 1 aromatic rings. The zero-order valence-electron chi connectivity index (χ0n) is 5.57. The predicted molar refractivity (Wildman–Crippen MR) is 44.7 cm³/mol. The van der Waals surface area contributed by atoms with E-state index in [0.717, 1.165) is 6.20 Å².